The number of para-hydroxylation sites is 2. The van der Waals surface area contributed by atoms with Crippen LogP contribution in [0.25, 0.3) is 0 Å². The molecule has 0 aromatic heterocycles. The number of nitrogens with one attached hydrogen (secondary N) is 1. The fourth-order valence-electron chi connectivity index (χ4n) is 0.596. The van der Waals surface area contributed by atoms with E-state index < -0.39 is 0 Å². The van der Waals surface area contributed by atoms with Crippen molar-refractivity contribution in [2.75, 3.05) is 5.09 Å². The number of phenolic OH excluding ortho intramolecular Hbond substituents is 1. The average molecular weight is 141 g/mol. The van der Waals surface area contributed by atoms with E-state index in [0.717, 1.165) is 5.69 Å². The fourth-order valence-corrected chi connectivity index (χ4v) is 0.840. The van der Waals surface area contributed by atoms with Gasteiger partial charge in [-0.15, -0.1) is 0 Å². The molecule has 1 aromatic carbocycles. The number of benzene rings is 1. The van der Waals surface area contributed by atoms with Gasteiger partial charge in [-0.05, 0) is 21.5 Å². The van der Waals surface area contributed by atoms with Crippen LogP contribution >= 0.6 is 9.39 Å². The van der Waals surface area contributed by atoms with Crippen molar-refractivity contribution in [3.05, 3.63) is 24.3 Å². The van der Waals surface area contributed by atoms with E-state index in [9.17, 15) is 0 Å². The van der Waals surface area contributed by atoms with E-state index in [-0.39, 0.29) is 5.75 Å². The summed E-state index contributed by atoms with van der Waals surface area (Å²) in [6.07, 6.45) is 0. The molecule has 1 atom stereocenters. The van der Waals surface area contributed by atoms with Crippen molar-refractivity contribution in [3.8, 4) is 5.75 Å². The van der Waals surface area contributed by atoms with Crippen molar-refractivity contribution in [2.24, 2.45) is 0 Å². The van der Waals surface area contributed by atoms with Gasteiger partial charge in [-0.1, -0.05) is 12.1 Å². The summed E-state index contributed by atoms with van der Waals surface area (Å²) in [6.45, 7) is 0. The topological polar surface area (TPSA) is 32.3 Å². The van der Waals surface area contributed by atoms with Gasteiger partial charge in [-0.2, -0.15) is 0 Å². The van der Waals surface area contributed by atoms with Gasteiger partial charge in [-0.3, -0.25) is 0 Å². The van der Waals surface area contributed by atoms with Crippen LogP contribution in [-0.4, -0.2) is 5.11 Å². The predicted octanol–water partition coefficient (Wildman–Crippen LogP) is 1.59. The Bertz CT molecular complexity index is 202. The summed E-state index contributed by atoms with van der Waals surface area (Å²) in [7, 11) is 2.32. The molecular weight excluding hydrogens is 133 g/mol. The Labute approximate surface area is 56.2 Å². The van der Waals surface area contributed by atoms with Gasteiger partial charge >= 0.3 is 0 Å². The summed E-state index contributed by atoms with van der Waals surface area (Å²) >= 11 is 0. The molecule has 3 heteroatoms. The molecule has 0 aliphatic heterocycles. The number of phenols is 1. The second kappa shape index (κ2) is 2.70. The molecule has 0 radical (unpaired) electrons. The lowest BCUT2D eigenvalue weighted by molar-refractivity contribution is 0.478. The van der Waals surface area contributed by atoms with Crippen molar-refractivity contribution in [2.45, 2.75) is 0 Å². The number of aromatic hydroxyl groups is 1. The molecule has 2 N–H and O–H groups in total. The lowest BCUT2D eigenvalue weighted by Crippen LogP contribution is -1.77. The Morgan fingerprint density at radius 3 is 2.44 bits per heavy atom. The van der Waals surface area contributed by atoms with Gasteiger partial charge < -0.3 is 10.2 Å². The van der Waals surface area contributed by atoms with Gasteiger partial charge in [0.15, 0.2) is 0 Å². The van der Waals surface area contributed by atoms with Gasteiger partial charge in [0.1, 0.15) is 5.75 Å². The predicted molar refractivity (Wildman–Crippen MR) is 41.4 cm³/mol. The standard InChI is InChI=1S/C6H8NOP/c8-6-4-2-1-3-5(6)7-9/h1-4,7-8H,9H2. The number of hydrogen-bond acceptors (Lipinski definition) is 2. The number of hydrogen-bond donors (Lipinski definition) is 2. The highest BCUT2D eigenvalue weighted by molar-refractivity contribution is 7.18. The lowest BCUT2D eigenvalue weighted by atomic mass is 10.3. The Hall–Kier alpha value is -0.750. The molecule has 48 valence electrons. The van der Waals surface area contributed by atoms with Crippen LogP contribution in [0.15, 0.2) is 24.3 Å². The molecule has 2 nitrogen and oxygen atoms in total. The monoisotopic (exact) mass is 141 g/mol. The summed E-state index contributed by atoms with van der Waals surface area (Å²) < 4.78 is 0. The molecule has 0 fully saturated rings. The summed E-state index contributed by atoms with van der Waals surface area (Å²) in [6, 6.07) is 7.06. The van der Waals surface area contributed by atoms with E-state index in [0.29, 0.717) is 0 Å². The molecule has 9 heavy (non-hydrogen) atoms. The van der Waals surface area contributed by atoms with Crippen molar-refractivity contribution >= 4 is 15.1 Å². The Morgan fingerprint density at radius 1 is 1.33 bits per heavy atom. The minimum absolute atomic E-state index is 0.271. The van der Waals surface area contributed by atoms with Crippen molar-refractivity contribution in [1.82, 2.24) is 0 Å². The Balaban J connectivity index is 3.01. The third-order valence-corrected chi connectivity index (χ3v) is 1.37. The normalized spacial score (nSPS) is 9.00. The Morgan fingerprint density at radius 2 is 2.00 bits per heavy atom. The van der Waals surface area contributed by atoms with Gasteiger partial charge in [0, 0.05) is 0 Å². The van der Waals surface area contributed by atoms with Crippen molar-refractivity contribution in [3.63, 3.8) is 0 Å². The van der Waals surface area contributed by atoms with Gasteiger partial charge in [0.25, 0.3) is 0 Å². The van der Waals surface area contributed by atoms with E-state index in [4.69, 9.17) is 5.11 Å². The van der Waals surface area contributed by atoms with Gasteiger partial charge in [0.05, 0.1) is 5.69 Å². The van der Waals surface area contributed by atoms with Crippen LogP contribution in [0.2, 0.25) is 0 Å². The second-order valence-corrected chi connectivity index (χ2v) is 1.95. The molecule has 0 heterocycles. The third-order valence-electron chi connectivity index (χ3n) is 1.06. The molecule has 0 aliphatic rings. The average Bonchev–Trinajstić information content (AvgIpc) is 1.89. The Kier molecular flexibility index (Phi) is 1.91. The summed E-state index contributed by atoms with van der Waals surface area (Å²) in [5.74, 6) is 0.271. The highest BCUT2D eigenvalue weighted by Gasteiger charge is 1.91. The van der Waals surface area contributed by atoms with Crippen LogP contribution in [0.3, 0.4) is 0 Å². The SMILES string of the molecule is Oc1ccccc1NP. The minimum Gasteiger partial charge on any atom is -0.506 e. The van der Waals surface area contributed by atoms with Crippen LogP contribution in [0.1, 0.15) is 0 Å². The lowest BCUT2D eigenvalue weighted by Gasteiger charge is -1.99. The van der Waals surface area contributed by atoms with Crippen LogP contribution in [0.5, 0.6) is 5.75 Å². The molecule has 0 bridgehead atoms. The smallest absolute Gasteiger partial charge is 0.138 e. The molecule has 0 saturated carbocycles. The molecule has 1 rings (SSSR count). The molecule has 1 aromatic rings. The van der Waals surface area contributed by atoms with Crippen LogP contribution < -0.4 is 5.09 Å². The molecule has 1 unspecified atom stereocenters. The molecule has 0 aliphatic carbocycles. The molecule has 0 spiro atoms. The molecule has 0 amide bonds. The number of rotatable bonds is 1. The highest BCUT2D eigenvalue weighted by Crippen LogP contribution is 2.22. The van der Waals surface area contributed by atoms with E-state index >= 15 is 0 Å². The zero-order chi connectivity index (χ0) is 6.69. The fraction of sp³-hybridized carbons (Fsp3) is 0. The zero-order valence-corrected chi connectivity index (χ0v) is 5.99. The van der Waals surface area contributed by atoms with Crippen LogP contribution in [-0.2, 0) is 0 Å². The maximum Gasteiger partial charge on any atom is 0.138 e. The maximum absolute atomic E-state index is 9.03. The summed E-state index contributed by atoms with van der Waals surface area (Å²) in [4.78, 5) is 0. The van der Waals surface area contributed by atoms with Crippen molar-refractivity contribution < 1.29 is 5.11 Å². The first-order valence-corrected chi connectivity index (χ1v) is 3.17. The zero-order valence-electron chi connectivity index (χ0n) is 4.83. The number of anilines is 1. The molecule has 0 saturated heterocycles. The first-order valence-electron chi connectivity index (χ1n) is 2.59. The van der Waals surface area contributed by atoms with E-state index in [1.807, 2.05) is 6.07 Å². The summed E-state index contributed by atoms with van der Waals surface area (Å²) in [5.41, 5.74) is 0.725. The summed E-state index contributed by atoms with van der Waals surface area (Å²) in [5, 5.41) is 11.8. The van der Waals surface area contributed by atoms with E-state index in [1.54, 1.807) is 18.2 Å². The molecular formula is C6H8NOP. The van der Waals surface area contributed by atoms with E-state index in [1.165, 1.54) is 0 Å². The largest absolute Gasteiger partial charge is 0.506 e. The first kappa shape index (κ1) is 6.37. The van der Waals surface area contributed by atoms with Crippen LogP contribution in [0.4, 0.5) is 5.69 Å². The first-order chi connectivity index (χ1) is 4.34. The van der Waals surface area contributed by atoms with E-state index in [2.05, 4.69) is 14.5 Å². The maximum atomic E-state index is 9.03. The van der Waals surface area contributed by atoms with Gasteiger partial charge in [-0.25, -0.2) is 0 Å². The highest BCUT2D eigenvalue weighted by atomic mass is 31.0. The second-order valence-electron chi connectivity index (χ2n) is 1.66. The minimum atomic E-state index is 0.271. The van der Waals surface area contributed by atoms with Gasteiger partial charge in [0.2, 0.25) is 0 Å². The quantitative estimate of drug-likeness (QED) is 0.459. The van der Waals surface area contributed by atoms with Crippen LogP contribution in [0, 0.1) is 0 Å². The van der Waals surface area contributed by atoms with Crippen molar-refractivity contribution in [1.29, 1.82) is 0 Å². The third kappa shape index (κ3) is 1.33.